The number of unbranched alkanes of at least 4 members (excludes halogenated alkanes) is 3. The molecular formula is C22H22Br2Cl4N2O4. The molecule has 0 atom stereocenters. The maximum absolute atomic E-state index is 11.9. The molecule has 0 aromatic heterocycles. The quantitative estimate of drug-likeness (QED) is 0.222. The molecule has 0 unspecified atom stereocenters. The first-order chi connectivity index (χ1) is 16.2. The lowest BCUT2D eigenvalue weighted by atomic mass is 10.2. The highest BCUT2D eigenvalue weighted by molar-refractivity contribution is 9.11. The molecule has 0 saturated heterocycles. The van der Waals surface area contributed by atoms with Crippen LogP contribution >= 0.6 is 78.3 Å². The number of nitrogens with one attached hydrogen (secondary N) is 2. The fraction of sp³-hybridized carbons (Fsp3) is 0.364. The summed E-state index contributed by atoms with van der Waals surface area (Å²) in [7, 11) is 0. The molecule has 2 N–H and O–H groups in total. The van der Waals surface area contributed by atoms with Crippen LogP contribution in [0.15, 0.2) is 33.2 Å². The van der Waals surface area contributed by atoms with Crippen LogP contribution in [0, 0.1) is 0 Å². The summed E-state index contributed by atoms with van der Waals surface area (Å²) < 4.78 is 12.1. The van der Waals surface area contributed by atoms with Gasteiger partial charge in [0.2, 0.25) is 0 Å². The molecule has 34 heavy (non-hydrogen) atoms. The minimum atomic E-state index is -0.238. The van der Waals surface area contributed by atoms with E-state index in [0.29, 0.717) is 53.6 Å². The molecule has 0 aliphatic carbocycles. The summed E-state index contributed by atoms with van der Waals surface area (Å²) in [6.07, 6.45) is 3.46. The molecule has 0 saturated carbocycles. The number of halogens is 6. The zero-order valence-corrected chi connectivity index (χ0v) is 24.1. The van der Waals surface area contributed by atoms with E-state index in [1.807, 2.05) is 0 Å². The van der Waals surface area contributed by atoms with Gasteiger partial charge < -0.3 is 20.1 Å². The summed E-state index contributed by atoms with van der Waals surface area (Å²) in [5.41, 5.74) is 0. The molecule has 2 rings (SSSR count). The van der Waals surface area contributed by atoms with Gasteiger partial charge in [0.15, 0.2) is 24.7 Å². The first-order valence-electron chi connectivity index (χ1n) is 10.3. The Bertz CT molecular complexity index is 885. The third kappa shape index (κ3) is 10.4. The SMILES string of the molecule is O=C(COc1c(Cl)cc(Cl)cc1Br)NCCCCCCNC(=O)COc1c(Cl)cc(Cl)cc1Br. The molecule has 0 spiro atoms. The van der Waals surface area contributed by atoms with Crippen molar-refractivity contribution in [1.82, 2.24) is 10.6 Å². The molecule has 2 amide bonds. The summed E-state index contributed by atoms with van der Waals surface area (Å²) in [5, 5.41) is 7.19. The van der Waals surface area contributed by atoms with Gasteiger partial charge in [-0.3, -0.25) is 9.59 Å². The van der Waals surface area contributed by atoms with Crippen LogP contribution in [0.3, 0.4) is 0 Å². The number of hydrogen-bond acceptors (Lipinski definition) is 4. The highest BCUT2D eigenvalue weighted by Gasteiger charge is 2.12. The number of carbonyl (C=O) groups is 2. The lowest BCUT2D eigenvalue weighted by Gasteiger charge is -2.11. The second-order valence-electron chi connectivity index (χ2n) is 7.09. The summed E-state index contributed by atoms with van der Waals surface area (Å²) in [6.45, 7) is 0.779. The van der Waals surface area contributed by atoms with Gasteiger partial charge in [-0.2, -0.15) is 0 Å². The summed E-state index contributed by atoms with van der Waals surface area (Å²) in [5.74, 6) is 0.269. The highest BCUT2D eigenvalue weighted by Crippen LogP contribution is 2.36. The monoisotopic (exact) mass is 676 g/mol. The lowest BCUT2D eigenvalue weighted by Crippen LogP contribution is -2.30. The fourth-order valence-electron chi connectivity index (χ4n) is 2.77. The van der Waals surface area contributed by atoms with Crippen LogP contribution in [0.1, 0.15) is 25.7 Å². The van der Waals surface area contributed by atoms with E-state index in [9.17, 15) is 9.59 Å². The maximum atomic E-state index is 11.9. The Labute approximate surface area is 235 Å². The average molecular weight is 680 g/mol. The predicted molar refractivity (Wildman–Crippen MR) is 144 cm³/mol. The molecule has 6 nitrogen and oxygen atoms in total. The van der Waals surface area contributed by atoms with Gasteiger partial charge in [0.05, 0.1) is 19.0 Å². The van der Waals surface area contributed by atoms with Gasteiger partial charge >= 0.3 is 0 Å². The van der Waals surface area contributed by atoms with Gasteiger partial charge in [0.25, 0.3) is 11.8 Å². The normalized spacial score (nSPS) is 10.6. The molecular weight excluding hydrogens is 658 g/mol. The third-order valence-electron chi connectivity index (χ3n) is 4.37. The van der Waals surface area contributed by atoms with E-state index in [4.69, 9.17) is 55.9 Å². The largest absolute Gasteiger partial charge is 0.481 e. The molecule has 2 aromatic carbocycles. The Morgan fingerprint density at radius 3 is 1.41 bits per heavy atom. The zero-order chi connectivity index (χ0) is 25.1. The predicted octanol–water partition coefficient (Wildman–Crippen LogP) is 7.08. The van der Waals surface area contributed by atoms with Crippen LogP contribution in [-0.2, 0) is 9.59 Å². The Morgan fingerprint density at radius 1 is 0.676 bits per heavy atom. The van der Waals surface area contributed by atoms with E-state index in [1.54, 1.807) is 24.3 Å². The lowest BCUT2D eigenvalue weighted by molar-refractivity contribution is -0.123. The van der Waals surface area contributed by atoms with Crippen LogP contribution in [0.2, 0.25) is 20.1 Å². The van der Waals surface area contributed by atoms with Gasteiger partial charge in [-0.1, -0.05) is 59.2 Å². The van der Waals surface area contributed by atoms with Crippen LogP contribution in [0.5, 0.6) is 11.5 Å². The number of hydrogen-bond donors (Lipinski definition) is 2. The second-order valence-corrected chi connectivity index (χ2v) is 10.5. The molecule has 12 heteroatoms. The fourth-order valence-corrected chi connectivity index (χ4v) is 5.51. The number of ether oxygens (including phenoxy) is 2. The van der Waals surface area contributed by atoms with Gasteiger partial charge in [-0.05, 0) is 69.0 Å². The van der Waals surface area contributed by atoms with Crippen molar-refractivity contribution < 1.29 is 19.1 Å². The van der Waals surface area contributed by atoms with Crippen molar-refractivity contribution in [3.05, 3.63) is 53.3 Å². The standard InChI is InChI=1S/C22H22Br2Cl4N2O4/c23-15-7-13(25)9-17(27)21(15)33-11-19(31)29-5-3-1-2-4-6-30-20(32)12-34-22-16(24)8-14(26)10-18(22)28/h7-10H,1-6,11-12H2,(H,29,31)(H,30,32). The molecule has 2 aromatic rings. The smallest absolute Gasteiger partial charge is 0.257 e. The Kier molecular flexibility index (Phi) is 13.2. The van der Waals surface area contributed by atoms with Gasteiger partial charge in [-0.15, -0.1) is 0 Å². The molecule has 186 valence electrons. The maximum Gasteiger partial charge on any atom is 0.257 e. The Balaban J connectivity index is 1.51. The van der Waals surface area contributed by atoms with Crippen LogP contribution in [0.4, 0.5) is 0 Å². The van der Waals surface area contributed by atoms with Crippen molar-refractivity contribution in [2.45, 2.75) is 25.7 Å². The first-order valence-corrected chi connectivity index (χ1v) is 13.3. The van der Waals surface area contributed by atoms with E-state index in [0.717, 1.165) is 25.7 Å². The summed E-state index contributed by atoms with van der Waals surface area (Å²) in [4.78, 5) is 23.9. The van der Waals surface area contributed by atoms with Crippen LogP contribution in [0.25, 0.3) is 0 Å². The first kappa shape index (κ1) is 29.3. The minimum absolute atomic E-state index is 0.147. The zero-order valence-electron chi connectivity index (χ0n) is 17.9. The van der Waals surface area contributed by atoms with E-state index < -0.39 is 0 Å². The van der Waals surface area contributed by atoms with E-state index in [2.05, 4.69) is 42.5 Å². The van der Waals surface area contributed by atoms with Crippen molar-refractivity contribution in [2.24, 2.45) is 0 Å². The topological polar surface area (TPSA) is 76.7 Å². The molecule has 0 radical (unpaired) electrons. The van der Waals surface area contributed by atoms with Crippen LogP contribution < -0.4 is 20.1 Å². The Morgan fingerprint density at radius 2 is 1.06 bits per heavy atom. The number of rotatable bonds is 13. The molecule has 0 aliphatic rings. The van der Waals surface area contributed by atoms with Crippen molar-refractivity contribution in [3.8, 4) is 11.5 Å². The minimum Gasteiger partial charge on any atom is -0.481 e. The van der Waals surface area contributed by atoms with Crippen molar-refractivity contribution in [1.29, 1.82) is 0 Å². The molecule has 0 bridgehead atoms. The molecule has 0 heterocycles. The van der Waals surface area contributed by atoms with Crippen LogP contribution in [-0.4, -0.2) is 38.1 Å². The third-order valence-corrected chi connectivity index (χ3v) is 6.55. The number of benzene rings is 2. The van der Waals surface area contributed by atoms with E-state index >= 15 is 0 Å². The van der Waals surface area contributed by atoms with Gasteiger partial charge in [0, 0.05) is 23.1 Å². The van der Waals surface area contributed by atoms with Crippen molar-refractivity contribution in [2.75, 3.05) is 26.3 Å². The van der Waals surface area contributed by atoms with Gasteiger partial charge in [-0.25, -0.2) is 0 Å². The summed E-state index contributed by atoms with van der Waals surface area (Å²) >= 11 is 30.6. The highest BCUT2D eigenvalue weighted by atomic mass is 79.9. The molecule has 0 aliphatic heterocycles. The van der Waals surface area contributed by atoms with E-state index in [1.165, 1.54) is 0 Å². The summed E-state index contributed by atoms with van der Waals surface area (Å²) in [6, 6.07) is 6.38. The van der Waals surface area contributed by atoms with Gasteiger partial charge in [0.1, 0.15) is 0 Å². The second kappa shape index (κ2) is 15.3. The average Bonchev–Trinajstić information content (AvgIpc) is 2.74. The Hall–Kier alpha value is -0.900. The number of amides is 2. The number of carbonyl (C=O) groups excluding carboxylic acids is 2. The van der Waals surface area contributed by atoms with Crippen molar-refractivity contribution in [3.63, 3.8) is 0 Å². The van der Waals surface area contributed by atoms with Crippen molar-refractivity contribution >= 4 is 90.1 Å². The molecule has 0 fully saturated rings. The van der Waals surface area contributed by atoms with E-state index in [-0.39, 0.29) is 25.0 Å².